The van der Waals surface area contributed by atoms with Gasteiger partial charge in [-0.1, -0.05) is 19.9 Å². The van der Waals surface area contributed by atoms with E-state index >= 15 is 0 Å². The number of nitrogens with zero attached hydrogens (tertiary/aromatic N) is 5. The maximum Gasteiger partial charge on any atom is 0.324 e. The van der Waals surface area contributed by atoms with E-state index in [-0.39, 0.29) is 24.6 Å². The average Bonchev–Trinajstić information content (AvgIpc) is 3.72. The normalized spacial score (nSPS) is 25.4. The number of rotatable bonds is 5. The minimum absolute atomic E-state index is 0.217. The van der Waals surface area contributed by atoms with Crippen LogP contribution < -0.4 is 21.4 Å². The maximum absolute atomic E-state index is 13.5. The summed E-state index contributed by atoms with van der Waals surface area (Å²) in [6, 6.07) is 8.54. The molecule has 13 heteroatoms. The van der Waals surface area contributed by atoms with Gasteiger partial charge in [0.2, 0.25) is 0 Å². The van der Waals surface area contributed by atoms with Gasteiger partial charge in [-0.15, -0.1) is 11.3 Å². The molecule has 1 aliphatic carbocycles. The molecule has 3 aliphatic heterocycles. The molecule has 276 valence electrons. The van der Waals surface area contributed by atoms with Gasteiger partial charge in [-0.3, -0.25) is 19.6 Å². The van der Waals surface area contributed by atoms with Crippen molar-refractivity contribution in [1.82, 2.24) is 30.3 Å². The Morgan fingerprint density at radius 1 is 1.21 bits per heavy atom. The van der Waals surface area contributed by atoms with Crippen LogP contribution in [0.4, 0.5) is 5.69 Å². The van der Waals surface area contributed by atoms with E-state index in [1.807, 2.05) is 6.20 Å². The number of hydrazine groups is 1. The van der Waals surface area contributed by atoms with Crippen molar-refractivity contribution >= 4 is 39.8 Å². The number of piperazine rings is 1. The molecule has 6 bridgehead atoms. The highest BCUT2D eigenvalue weighted by molar-refractivity contribution is 7.10. The van der Waals surface area contributed by atoms with E-state index < -0.39 is 17.5 Å². The van der Waals surface area contributed by atoms with E-state index in [2.05, 4.69) is 77.6 Å². The summed E-state index contributed by atoms with van der Waals surface area (Å²) in [5.74, 6) is -0.601. The number of ether oxygens (including phenoxy) is 2. The molecule has 4 N–H and O–H groups in total. The van der Waals surface area contributed by atoms with Crippen molar-refractivity contribution in [2.45, 2.75) is 96.6 Å². The zero-order valence-electron chi connectivity index (χ0n) is 30.8. The Balaban J connectivity index is 1.29. The van der Waals surface area contributed by atoms with Gasteiger partial charge in [-0.05, 0) is 63.3 Å². The number of nitrogens with one attached hydrogen (secondary N) is 2. The molecule has 52 heavy (non-hydrogen) atoms. The third kappa shape index (κ3) is 6.51. The smallest absolute Gasteiger partial charge is 0.324 e. The fraction of sp³-hybridized carbons (Fsp3) is 0.538. The molecule has 1 saturated carbocycles. The van der Waals surface area contributed by atoms with Crippen molar-refractivity contribution in [3.63, 3.8) is 0 Å². The number of fused-ring (bicyclic) bond motifs is 7. The lowest BCUT2D eigenvalue weighted by Gasteiger charge is -2.34. The molecule has 12 nitrogen and oxygen atoms in total. The molecule has 3 aromatic heterocycles. The fourth-order valence-electron chi connectivity index (χ4n) is 8.27. The summed E-state index contributed by atoms with van der Waals surface area (Å²) < 4.78 is 14.4. The number of nitrogens with two attached hydrogens (primary N) is 1. The van der Waals surface area contributed by atoms with E-state index in [0.717, 1.165) is 75.9 Å². The van der Waals surface area contributed by atoms with Crippen molar-refractivity contribution in [2.24, 2.45) is 11.1 Å². The molecule has 8 rings (SSSR count). The standard InChI is InChI=1S/C39H50N8O4S/c1-6-45-32-10-9-23-14-25(32)27(36(45)26-15-24(19-42-35(26)22(2)50-5)46-13-11-41-30-17-33(30)46)18-39(3,4)21-51-38(49)29-8-7-12-47(44-29)37(48)28(40)16-34-43-31(23)20-52-34/h9-10,14-15,19-20,22,28-30,33,41,44H,6-8,11-13,16-18,21,40H2,1-5H3/t22-,28-,29-,30+,33-/m0/s1. The van der Waals surface area contributed by atoms with Crippen molar-refractivity contribution in [2.75, 3.05) is 38.3 Å². The number of aromatic nitrogens is 3. The molecule has 3 fully saturated rings. The summed E-state index contributed by atoms with van der Waals surface area (Å²) in [4.78, 5) is 39.5. The van der Waals surface area contributed by atoms with Crippen LogP contribution in [-0.2, 0) is 38.4 Å². The summed E-state index contributed by atoms with van der Waals surface area (Å²) in [7, 11) is 1.74. The van der Waals surface area contributed by atoms with Crippen LogP contribution in [0.25, 0.3) is 33.4 Å². The van der Waals surface area contributed by atoms with Crippen LogP contribution in [0.1, 0.15) is 69.3 Å². The number of anilines is 1. The second kappa shape index (κ2) is 13.8. The molecule has 6 heterocycles. The molecule has 4 aliphatic rings. The predicted octanol–water partition coefficient (Wildman–Crippen LogP) is 4.60. The van der Waals surface area contributed by atoms with Crippen LogP contribution in [0.5, 0.6) is 0 Å². The van der Waals surface area contributed by atoms with E-state index in [9.17, 15) is 9.59 Å². The Kier molecular flexibility index (Phi) is 9.35. The lowest BCUT2D eigenvalue weighted by atomic mass is 9.84. The van der Waals surface area contributed by atoms with Crippen molar-refractivity contribution in [3.05, 3.63) is 52.1 Å². The number of hydrogen-bond donors (Lipinski definition) is 3. The van der Waals surface area contributed by atoms with Gasteiger partial charge >= 0.3 is 5.97 Å². The number of methoxy groups -OCH3 is 1. The Labute approximate surface area is 309 Å². The molecule has 4 aromatic rings. The first-order valence-corrected chi connectivity index (χ1v) is 19.6. The topological polar surface area (TPSA) is 140 Å². The van der Waals surface area contributed by atoms with E-state index in [1.165, 1.54) is 21.9 Å². The molecule has 1 aromatic carbocycles. The summed E-state index contributed by atoms with van der Waals surface area (Å²) in [5, 5.41) is 9.10. The highest BCUT2D eigenvalue weighted by Crippen LogP contribution is 2.44. The van der Waals surface area contributed by atoms with Crippen LogP contribution in [0.3, 0.4) is 0 Å². The molecule has 0 spiro atoms. The number of benzene rings is 1. The minimum Gasteiger partial charge on any atom is -0.464 e. The third-order valence-corrected chi connectivity index (χ3v) is 12.1. The lowest BCUT2D eigenvalue weighted by molar-refractivity contribution is -0.154. The number of carbonyl (C=O) groups is 2. The second-order valence-corrected chi connectivity index (χ2v) is 16.5. The Morgan fingerprint density at radius 2 is 2.06 bits per heavy atom. The van der Waals surface area contributed by atoms with Crippen LogP contribution >= 0.6 is 11.3 Å². The highest BCUT2D eigenvalue weighted by Gasteiger charge is 2.44. The molecule has 0 unspecified atom stereocenters. The van der Waals surface area contributed by atoms with Gasteiger partial charge in [-0.2, -0.15) is 0 Å². The summed E-state index contributed by atoms with van der Waals surface area (Å²) in [6.45, 7) is 11.9. The number of amides is 1. The van der Waals surface area contributed by atoms with Crippen LogP contribution in [0.15, 0.2) is 35.8 Å². The van der Waals surface area contributed by atoms with Gasteiger partial charge in [0.1, 0.15) is 6.04 Å². The summed E-state index contributed by atoms with van der Waals surface area (Å²) in [5.41, 5.74) is 17.5. The molecule has 0 radical (unpaired) electrons. The number of aryl methyl sites for hydroxylation is 1. The van der Waals surface area contributed by atoms with E-state index in [1.54, 1.807) is 7.11 Å². The quantitative estimate of drug-likeness (QED) is 0.250. The van der Waals surface area contributed by atoms with Crippen molar-refractivity contribution < 1.29 is 19.1 Å². The van der Waals surface area contributed by atoms with Gasteiger partial charge in [0.15, 0.2) is 0 Å². The highest BCUT2D eigenvalue weighted by atomic mass is 32.1. The SMILES string of the molecule is CCn1c(-c2cc(N3CCN[C@@H]4C[C@@H]43)cnc2[C@H](C)OC)c2c3cc(ccc31)-c1csc(n1)C[C@H](N)C(=O)N1CCC[C@H](N1)C(=O)OCC(C)(C)C2. The zero-order chi connectivity index (χ0) is 36.3. The van der Waals surface area contributed by atoms with Crippen LogP contribution in [0.2, 0.25) is 0 Å². The van der Waals surface area contributed by atoms with Gasteiger partial charge < -0.3 is 30.0 Å². The number of thiazole rings is 1. The molecule has 5 atom stereocenters. The number of cyclic esters (lactones) is 1. The Morgan fingerprint density at radius 3 is 2.87 bits per heavy atom. The summed E-state index contributed by atoms with van der Waals surface area (Å²) in [6.07, 6.45) is 5.17. The average molecular weight is 727 g/mol. The van der Waals surface area contributed by atoms with Gasteiger partial charge in [0.25, 0.3) is 5.91 Å². The van der Waals surface area contributed by atoms with Crippen LogP contribution in [0, 0.1) is 5.41 Å². The number of carbonyl (C=O) groups excluding carboxylic acids is 2. The first-order chi connectivity index (χ1) is 25.0. The zero-order valence-corrected chi connectivity index (χ0v) is 31.6. The number of hydrogen-bond acceptors (Lipinski definition) is 11. The largest absolute Gasteiger partial charge is 0.464 e. The fourth-order valence-corrected chi connectivity index (χ4v) is 9.14. The molecule has 1 amide bonds. The first-order valence-electron chi connectivity index (χ1n) is 18.7. The van der Waals surface area contributed by atoms with E-state index in [4.69, 9.17) is 25.2 Å². The van der Waals surface area contributed by atoms with E-state index in [0.29, 0.717) is 44.3 Å². The van der Waals surface area contributed by atoms with Gasteiger partial charge in [0.05, 0.1) is 52.7 Å². The predicted molar refractivity (Wildman–Crippen MR) is 203 cm³/mol. The number of esters is 1. The minimum atomic E-state index is -0.783. The Bertz CT molecular complexity index is 2010. The van der Waals surface area contributed by atoms with Crippen molar-refractivity contribution in [3.8, 4) is 22.5 Å². The number of pyridine rings is 1. The maximum atomic E-state index is 13.5. The van der Waals surface area contributed by atoms with Gasteiger partial charge in [-0.25, -0.2) is 10.4 Å². The summed E-state index contributed by atoms with van der Waals surface area (Å²) >= 11 is 1.51. The van der Waals surface area contributed by atoms with Crippen LogP contribution in [-0.4, -0.2) is 88.9 Å². The molecule has 2 saturated heterocycles. The third-order valence-electron chi connectivity index (χ3n) is 11.2. The monoisotopic (exact) mass is 726 g/mol. The Hall–Kier alpha value is -3.88. The lowest BCUT2D eigenvalue weighted by Crippen LogP contribution is -2.59. The van der Waals surface area contributed by atoms with Crippen molar-refractivity contribution in [1.29, 1.82) is 0 Å². The first kappa shape index (κ1) is 35.2. The van der Waals surface area contributed by atoms with Gasteiger partial charge in [0, 0.05) is 84.6 Å². The molecular weight excluding hydrogens is 677 g/mol. The molecular formula is C39H50N8O4S. The second-order valence-electron chi connectivity index (χ2n) is 15.6.